The molecule has 4 heteroatoms. The molecule has 0 bridgehead atoms. The topological polar surface area (TPSA) is 52.6 Å². The van der Waals surface area contributed by atoms with Crippen molar-refractivity contribution in [2.24, 2.45) is 11.8 Å². The zero-order valence-corrected chi connectivity index (χ0v) is 19.1. The van der Waals surface area contributed by atoms with E-state index in [9.17, 15) is 9.59 Å². The third-order valence-electron chi connectivity index (χ3n) is 5.86. The van der Waals surface area contributed by atoms with Gasteiger partial charge in [-0.2, -0.15) is 0 Å². The molecule has 0 amide bonds. The molecule has 0 N–H and O–H groups in total. The molecule has 1 aliphatic rings. The minimum atomic E-state index is -0.386. The molecule has 0 radical (unpaired) electrons. The Kier molecular flexibility index (Phi) is 13.4. The van der Waals surface area contributed by atoms with E-state index in [0.29, 0.717) is 42.6 Å². The summed E-state index contributed by atoms with van der Waals surface area (Å²) in [7, 11) is 0. The number of hydrogen-bond acceptors (Lipinski definition) is 4. The fourth-order valence-electron chi connectivity index (χ4n) is 3.58. The highest BCUT2D eigenvalue weighted by molar-refractivity contribution is 6.02. The Balaban J connectivity index is 2.77. The van der Waals surface area contributed by atoms with Crippen LogP contribution < -0.4 is 0 Å². The second-order valence-corrected chi connectivity index (χ2v) is 8.22. The molecule has 2 unspecified atom stereocenters. The van der Waals surface area contributed by atoms with Crippen molar-refractivity contribution in [2.75, 3.05) is 13.2 Å². The molecular weight excluding hydrogens is 364 g/mol. The average molecular weight is 407 g/mol. The van der Waals surface area contributed by atoms with Crippen molar-refractivity contribution in [3.63, 3.8) is 0 Å². The van der Waals surface area contributed by atoms with E-state index < -0.39 is 0 Å². The molecular formula is C25H42O4. The molecule has 1 aliphatic carbocycles. The van der Waals surface area contributed by atoms with E-state index in [4.69, 9.17) is 9.47 Å². The van der Waals surface area contributed by atoms with Gasteiger partial charge in [0.05, 0.1) is 24.4 Å². The Morgan fingerprint density at radius 1 is 0.897 bits per heavy atom. The predicted molar refractivity (Wildman–Crippen MR) is 119 cm³/mol. The lowest BCUT2D eigenvalue weighted by molar-refractivity contribution is -0.143. The largest absolute Gasteiger partial charge is 0.462 e. The molecule has 29 heavy (non-hydrogen) atoms. The van der Waals surface area contributed by atoms with Crippen LogP contribution in [-0.2, 0) is 19.1 Å². The highest BCUT2D eigenvalue weighted by atomic mass is 16.5. The minimum Gasteiger partial charge on any atom is -0.462 e. The summed E-state index contributed by atoms with van der Waals surface area (Å²) < 4.78 is 11.2. The van der Waals surface area contributed by atoms with Gasteiger partial charge in [-0.1, -0.05) is 78.4 Å². The summed E-state index contributed by atoms with van der Waals surface area (Å²) in [6, 6.07) is 0. The van der Waals surface area contributed by atoms with Crippen molar-refractivity contribution in [1.82, 2.24) is 0 Å². The number of unbranched alkanes of at least 4 members (excludes halogenated alkanes) is 2. The summed E-state index contributed by atoms with van der Waals surface area (Å²) in [5, 5.41) is 0. The Morgan fingerprint density at radius 2 is 1.45 bits per heavy atom. The third kappa shape index (κ3) is 9.64. The average Bonchev–Trinajstić information content (AvgIpc) is 3.00. The first-order valence-corrected chi connectivity index (χ1v) is 11.8. The number of ether oxygens (including phenoxy) is 2. The van der Waals surface area contributed by atoms with Crippen LogP contribution >= 0.6 is 0 Å². The van der Waals surface area contributed by atoms with Crippen LogP contribution in [0, 0.1) is 11.8 Å². The van der Waals surface area contributed by atoms with Gasteiger partial charge in [-0.05, 0) is 43.9 Å². The standard InChI is InChI=1S/C25H42O4/c1-5-9-14-20(7-3)18-28-24(26)22-16-12-11-13-17-23(22)25(27)29-19-21(8-4)15-10-6-2/h12,16,20-21H,5-11,13-15,17-19H2,1-4H3. The fourth-order valence-corrected chi connectivity index (χ4v) is 3.58. The number of rotatable bonds is 14. The van der Waals surface area contributed by atoms with E-state index in [-0.39, 0.29) is 11.9 Å². The molecule has 0 saturated heterocycles. The van der Waals surface area contributed by atoms with Crippen molar-refractivity contribution in [3.05, 3.63) is 23.3 Å². The van der Waals surface area contributed by atoms with Crippen LogP contribution in [0.15, 0.2) is 23.3 Å². The van der Waals surface area contributed by atoms with Crippen LogP contribution in [0.5, 0.6) is 0 Å². The lowest BCUT2D eigenvalue weighted by atomic mass is 10.00. The molecule has 0 heterocycles. The zero-order valence-electron chi connectivity index (χ0n) is 19.1. The van der Waals surface area contributed by atoms with Crippen molar-refractivity contribution in [1.29, 1.82) is 0 Å². The first-order chi connectivity index (χ1) is 14.1. The van der Waals surface area contributed by atoms with Gasteiger partial charge in [-0.3, -0.25) is 0 Å². The van der Waals surface area contributed by atoms with Gasteiger partial charge < -0.3 is 9.47 Å². The van der Waals surface area contributed by atoms with E-state index in [1.165, 1.54) is 0 Å². The van der Waals surface area contributed by atoms with Gasteiger partial charge >= 0.3 is 11.9 Å². The molecule has 0 aromatic carbocycles. The van der Waals surface area contributed by atoms with Gasteiger partial charge in [0, 0.05) is 0 Å². The monoisotopic (exact) mass is 406 g/mol. The summed E-state index contributed by atoms with van der Waals surface area (Å²) in [4.78, 5) is 25.5. The fraction of sp³-hybridized carbons (Fsp3) is 0.760. The molecule has 0 fully saturated rings. The third-order valence-corrected chi connectivity index (χ3v) is 5.86. The quantitative estimate of drug-likeness (QED) is 0.307. The maximum atomic E-state index is 12.8. The first-order valence-electron chi connectivity index (χ1n) is 11.8. The van der Waals surface area contributed by atoms with Crippen LogP contribution in [0.3, 0.4) is 0 Å². The van der Waals surface area contributed by atoms with Crippen molar-refractivity contribution in [3.8, 4) is 0 Å². The normalized spacial score (nSPS) is 16.3. The van der Waals surface area contributed by atoms with Gasteiger partial charge in [0.1, 0.15) is 0 Å². The van der Waals surface area contributed by atoms with Gasteiger partial charge in [0.25, 0.3) is 0 Å². The summed E-state index contributed by atoms with van der Waals surface area (Å²) in [6.07, 6.45) is 14.7. The van der Waals surface area contributed by atoms with E-state index in [1.807, 2.05) is 6.08 Å². The number of hydrogen-bond donors (Lipinski definition) is 0. The van der Waals surface area contributed by atoms with Gasteiger partial charge in [0.15, 0.2) is 0 Å². The van der Waals surface area contributed by atoms with Gasteiger partial charge in [-0.15, -0.1) is 0 Å². The minimum absolute atomic E-state index is 0.350. The van der Waals surface area contributed by atoms with Crippen LogP contribution in [0.1, 0.15) is 98.3 Å². The molecule has 0 aromatic heterocycles. The molecule has 0 spiro atoms. The van der Waals surface area contributed by atoms with Crippen molar-refractivity contribution in [2.45, 2.75) is 98.3 Å². The molecule has 0 aromatic rings. The summed E-state index contributed by atoms with van der Waals surface area (Å²) >= 11 is 0. The van der Waals surface area contributed by atoms with Crippen molar-refractivity contribution >= 4 is 11.9 Å². The smallest absolute Gasteiger partial charge is 0.338 e. The Bertz CT molecular complexity index is 547. The van der Waals surface area contributed by atoms with Crippen LogP contribution in [0.4, 0.5) is 0 Å². The number of carbonyl (C=O) groups is 2. The van der Waals surface area contributed by atoms with E-state index >= 15 is 0 Å². The van der Waals surface area contributed by atoms with E-state index in [1.54, 1.807) is 6.08 Å². The molecule has 2 atom stereocenters. The van der Waals surface area contributed by atoms with Crippen LogP contribution in [0.25, 0.3) is 0 Å². The maximum Gasteiger partial charge on any atom is 0.338 e. The lowest BCUT2D eigenvalue weighted by Gasteiger charge is -2.17. The van der Waals surface area contributed by atoms with Gasteiger partial charge in [-0.25, -0.2) is 9.59 Å². The number of allylic oxidation sites excluding steroid dienone is 1. The molecule has 0 saturated carbocycles. The number of carbonyl (C=O) groups excluding carboxylic acids is 2. The Hall–Kier alpha value is -1.58. The predicted octanol–water partition coefficient (Wildman–Crippen LogP) is 6.54. The summed E-state index contributed by atoms with van der Waals surface area (Å²) in [6.45, 7) is 9.45. The molecule has 166 valence electrons. The lowest BCUT2D eigenvalue weighted by Crippen LogP contribution is -2.20. The highest BCUT2D eigenvalue weighted by Crippen LogP contribution is 2.23. The SMILES string of the molecule is CCCCC(CC)COC(=O)C1=C(C(=O)OCC(CC)CCCC)CCCC=C1. The second kappa shape index (κ2) is 15.3. The van der Waals surface area contributed by atoms with Crippen LogP contribution in [-0.4, -0.2) is 25.2 Å². The van der Waals surface area contributed by atoms with Gasteiger partial charge in [0.2, 0.25) is 0 Å². The maximum absolute atomic E-state index is 12.8. The summed E-state index contributed by atoms with van der Waals surface area (Å²) in [5.74, 6) is 0.0354. The summed E-state index contributed by atoms with van der Waals surface area (Å²) in [5.41, 5.74) is 0.871. The van der Waals surface area contributed by atoms with E-state index in [2.05, 4.69) is 27.7 Å². The zero-order chi connectivity index (χ0) is 21.5. The molecule has 1 rings (SSSR count). The van der Waals surface area contributed by atoms with Crippen LogP contribution in [0.2, 0.25) is 0 Å². The van der Waals surface area contributed by atoms with E-state index in [0.717, 1.165) is 64.2 Å². The first kappa shape index (κ1) is 25.5. The molecule has 4 nitrogen and oxygen atoms in total. The molecule has 0 aliphatic heterocycles. The highest BCUT2D eigenvalue weighted by Gasteiger charge is 2.24. The Morgan fingerprint density at radius 3 is 1.97 bits per heavy atom. The second-order valence-electron chi connectivity index (χ2n) is 8.22. The Labute approximate surface area is 178 Å². The number of esters is 2. The van der Waals surface area contributed by atoms with Crippen molar-refractivity contribution < 1.29 is 19.1 Å².